The molecular formula is C22H26N6O. The predicted octanol–water partition coefficient (Wildman–Crippen LogP) is 3.67. The van der Waals surface area contributed by atoms with E-state index in [0.717, 1.165) is 46.8 Å². The maximum Gasteiger partial charge on any atom is 0.335 e. The van der Waals surface area contributed by atoms with Crippen molar-refractivity contribution in [3.8, 4) is 0 Å². The number of fused-ring (bicyclic) bond motifs is 1. The molecule has 0 unspecified atom stereocenters. The SMILES string of the molecule is Cc1cccc(N2C(=O)N(c3ccc4nc[nH]c4c3)CC2=NCCCN(C)C)c1. The van der Waals surface area contributed by atoms with E-state index in [-0.39, 0.29) is 6.03 Å². The fourth-order valence-corrected chi connectivity index (χ4v) is 3.55. The number of amides is 2. The Labute approximate surface area is 170 Å². The number of nitrogens with zero attached hydrogens (tertiary/aromatic N) is 5. The first-order valence-electron chi connectivity index (χ1n) is 9.82. The van der Waals surface area contributed by atoms with E-state index in [9.17, 15) is 4.79 Å². The zero-order valence-corrected chi connectivity index (χ0v) is 17.1. The third kappa shape index (κ3) is 4.00. The lowest BCUT2D eigenvalue weighted by atomic mass is 10.2. The molecule has 150 valence electrons. The number of anilines is 2. The molecule has 2 aromatic carbocycles. The first kappa shape index (κ1) is 19.1. The van der Waals surface area contributed by atoms with Gasteiger partial charge in [0.15, 0.2) is 0 Å². The summed E-state index contributed by atoms with van der Waals surface area (Å²) in [5.41, 5.74) is 4.59. The van der Waals surface area contributed by atoms with Crippen molar-refractivity contribution in [2.45, 2.75) is 13.3 Å². The molecule has 3 aromatic rings. The second-order valence-corrected chi connectivity index (χ2v) is 7.60. The third-order valence-electron chi connectivity index (χ3n) is 5.01. The van der Waals surface area contributed by atoms with Crippen LogP contribution in [0.5, 0.6) is 0 Å². The van der Waals surface area contributed by atoms with E-state index in [4.69, 9.17) is 4.99 Å². The van der Waals surface area contributed by atoms with Crippen LogP contribution in [0.25, 0.3) is 11.0 Å². The van der Waals surface area contributed by atoms with Gasteiger partial charge in [0.05, 0.1) is 29.6 Å². The quantitative estimate of drug-likeness (QED) is 0.653. The molecule has 0 spiro atoms. The van der Waals surface area contributed by atoms with E-state index in [2.05, 4.69) is 29.0 Å². The second kappa shape index (κ2) is 8.05. The Bertz CT molecular complexity index is 1050. The van der Waals surface area contributed by atoms with Gasteiger partial charge in [0.1, 0.15) is 5.84 Å². The lowest BCUT2D eigenvalue weighted by Crippen LogP contribution is -2.33. The van der Waals surface area contributed by atoms with Gasteiger partial charge in [-0.3, -0.25) is 9.89 Å². The largest absolute Gasteiger partial charge is 0.345 e. The van der Waals surface area contributed by atoms with Gasteiger partial charge in [0.25, 0.3) is 0 Å². The van der Waals surface area contributed by atoms with Crippen LogP contribution >= 0.6 is 0 Å². The summed E-state index contributed by atoms with van der Waals surface area (Å²) in [5.74, 6) is 0.782. The van der Waals surface area contributed by atoms with Crippen LogP contribution in [0.3, 0.4) is 0 Å². The molecule has 1 aliphatic rings. The van der Waals surface area contributed by atoms with Gasteiger partial charge < -0.3 is 9.88 Å². The number of carbonyl (C=O) groups is 1. The van der Waals surface area contributed by atoms with Crippen molar-refractivity contribution in [3.05, 3.63) is 54.4 Å². The van der Waals surface area contributed by atoms with Crippen LogP contribution in [-0.4, -0.2) is 60.5 Å². The van der Waals surface area contributed by atoms with Crippen molar-refractivity contribution < 1.29 is 4.79 Å². The number of rotatable bonds is 6. The Morgan fingerprint density at radius 2 is 2.03 bits per heavy atom. The number of hydrogen-bond donors (Lipinski definition) is 1. The molecule has 0 radical (unpaired) electrons. The molecule has 0 aliphatic carbocycles. The number of carbonyl (C=O) groups excluding carboxylic acids is 1. The van der Waals surface area contributed by atoms with Gasteiger partial charge in [0, 0.05) is 12.2 Å². The van der Waals surface area contributed by atoms with E-state index >= 15 is 0 Å². The first-order chi connectivity index (χ1) is 14.0. The maximum atomic E-state index is 13.4. The molecule has 1 aliphatic heterocycles. The fraction of sp³-hybridized carbons (Fsp3) is 0.318. The first-order valence-corrected chi connectivity index (χ1v) is 9.82. The van der Waals surface area contributed by atoms with Gasteiger partial charge in [-0.2, -0.15) is 0 Å². The Hall–Kier alpha value is -3.19. The summed E-state index contributed by atoms with van der Waals surface area (Å²) in [7, 11) is 4.11. The van der Waals surface area contributed by atoms with Crippen molar-refractivity contribution in [1.29, 1.82) is 0 Å². The molecule has 0 bridgehead atoms. The number of nitrogens with one attached hydrogen (secondary N) is 1. The number of aliphatic imine (C=N–C) groups is 1. The van der Waals surface area contributed by atoms with Crippen molar-refractivity contribution in [2.75, 3.05) is 43.5 Å². The van der Waals surface area contributed by atoms with Gasteiger partial charge in [-0.25, -0.2) is 14.7 Å². The average Bonchev–Trinajstić information content (AvgIpc) is 3.28. The molecule has 0 atom stereocenters. The number of aryl methyl sites for hydroxylation is 1. The number of aromatic nitrogens is 2. The van der Waals surface area contributed by atoms with Crippen LogP contribution in [0.2, 0.25) is 0 Å². The van der Waals surface area contributed by atoms with Crippen molar-refractivity contribution in [1.82, 2.24) is 14.9 Å². The molecule has 4 rings (SSSR count). The van der Waals surface area contributed by atoms with Crippen LogP contribution in [0, 0.1) is 6.92 Å². The molecule has 1 aromatic heterocycles. The Kier molecular flexibility index (Phi) is 5.31. The van der Waals surface area contributed by atoms with Crippen LogP contribution in [0.1, 0.15) is 12.0 Å². The normalized spacial score (nSPS) is 16.0. The molecular weight excluding hydrogens is 364 g/mol. The van der Waals surface area contributed by atoms with E-state index in [1.54, 1.807) is 16.1 Å². The van der Waals surface area contributed by atoms with Crippen molar-refractivity contribution in [3.63, 3.8) is 0 Å². The van der Waals surface area contributed by atoms with Gasteiger partial charge in [0.2, 0.25) is 0 Å². The highest BCUT2D eigenvalue weighted by molar-refractivity contribution is 6.28. The van der Waals surface area contributed by atoms with E-state index in [0.29, 0.717) is 13.1 Å². The Balaban J connectivity index is 1.66. The summed E-state index contributed by atoms with van der Waals surface area (Å²) >= 11 is 0. The molecule has 29 heavy (non-hydrogen) atoms. The monoisotopic (exact) mass is 390 g/mol. The molecule has 0 saturated carbocycles. The van der Waals surface area contributed by atoms with Gasteiger partial charge in [-0.15, -0.1) is 0 Å². The summed E-state index contributed by atoms with van der Waals surface area (Å²) in [6.45, 7) is 4.14. The zero-order chi connectivity index (χ0) is 20.4. The smallest absolute Gasteiger partial charge is 0.335 e. The average molecular weight is 390 g/mol. The summed E-state index contributed by atoms with van der Waals surface area (Å²) < 4.78 is 0. The van der Waals surface area contributed by atoms with E-state index in [1.807, 2.05) is 49.4 Å². The lowest BCUT2D eigenvalue weighted by molar-refractivity contribution is 0.256. The minimum Gasteiger partial charge on any atom is -0.345 e. The number of urea groups is 1. The van der Waals surface area contributed by atoms with Crippen LogP contribution in [0.15, 0.2) is 53.8 Å². The number of aromatic amines is 1. The van der Waals surface area contributed by atoms with Gasteiger partial charge >= 0.3 is 6.03 Å². The van der Waals surface area contributed by atoms with Crippen LogP contribution in [0.4, 0.5) is 16.2 Å². The highest BCUT2D eigenvalue weighted by Gasteiger charge is 2.36. The molecule has 1 saturated heterocycles. The minimum absolute atomic E-state index is 0.0826. The van der Waals surface area contributed by atoms with E-state index in [1.165, 1.54) is 0 Å². The Morgan fingerprint density at radius 1 is 1.17 bits per heavy atom. The molecule has 7 heteroatoms. The van der Waals surface area contributed by atoms with Crippen molar-refractivity contribution >= 4 is 34.3 Å². The minimum atomic E-state index is -0.0826. The summed E-state index contributed by atoms with van der Waals surface area (Å²) in [5, 5.41) is 0. The Morgan fingerprint density at radius 3 is 2.83 bits per heavy atom. The maximum absolute atomic E-state index is 13.4. The molecule has 2 heterocycles. The zero-order valence-electron chi connectivity index (χ0n) is 17.1. The lowest BCUT2D eigenvalue weighted by Gasteiger charge is -2.19. The van der Waals surface area contributed by atoms with Crippen LogP contribution in [-0.2, 0) is 0 Å². The second-order valence-electron chi connectivity index (χ2n) is 7.60. The topological polar surface area (TPSA) is 67.8 Å². The number of H-pyrrole nitrogens is 1. The number of amidine groups is 1. The van der Waals surface area contributed by atoms with Gasteiger partial charge in [-0.1, -0.05) is 12.1 Å². The third-order valence-corrected chi connectivity index (χ3v) is 5.01. The highest BCUT2D eigenvalue weighted by atomic mass is 16.2. The summed E-state index contributed by atoms with van der Waals surface area (Å²) in [6, 6.07) is 13.7. The summed E-state index contributed by atoms with van der Waals surface area (Å²) in [4.78, 5) is 31.2. The number of imidazole rings is 1. The highest BCUT2D eigenvalue weighted by Crippen LogP contribution is 2.28. The van der Waals surface area contributed by atoms with Crippen LogP contribution < -0.4 is 9.80 Å². The fourth-order valence-electron chi connectivity index (χ4n) is 3.55. The molecule has 1 fully saturated rings. The molecule has 1 N–H and O–H groups in total. The predicted molar refractivity (Wildman–Crippen MR) is 118 cm³/mol. The standard InChI is InChI=1S/C22H26N6O/c1-16-6-4-7-18(12-16)28-21(23-10-5-11-26(2)3)14-27(22(28)29)17-8-9-19-20(13-17)25-15-24-19/h4,6-9,12-13,15H,5,10-11,14H2,1-3H3,(H,24,25). The van der Waals surface area contributed by atoms with E-state index < -0.39 is 0 Å². The van der Waals surface area contributed by atoms with Crippen molar-refractivity contribution in [2.24, 2.45) is 4.99 Å². The summed E-state index contributed by atoms with van der Waals surface area (Å²) in [6.07, 6.45) is 2.61. The number of benzene rings is 2. The molecule has 2 amide bonds. The van der Waals surface area contributed by atoms with Gasteiger partial charge in [-0.05, 0) is 69.9 Å². The number of hydrogen-bond acceptors (Lipinski definition) is 4. The molecule has 7 nitrogen and oxygen atoms in total.